The predicted molar refractivity (Wildman–Crippen MR) is 106 cm³/mol. The Hall–Kier alpha value is -3.33. The van der Waals surface area contributed by atoms with Crippen molar-refractivity contribution in [2.24, 2.45) is 7.05 Å². The summed E-state index contributed by atoms with van der Waals surface area (Å²) in [6.07, 6.45) is 0.984. The first-order valence-electron chi connectivity index (χ1n) is 9.04. The Labute approximate surface area is 155 Å². The van der Waals surface area contributed by atoms with Crippen LogP contribution in [0.5, 0.6) is 0 Å². The quantitative estimate of drug-likeness (QED) is 0.496. The van der Waals surface area contributed by atoms with Gasteiger partial charge in [-0.05, 0) is 30.7 Å². The highest BCUT2D eigenvalue weighted by Crippen LogP contribution is 2.39. The van der Waals surface area contributed by atoms with Crippen LogP contribution in [0, 0.1) is 12.4 Å². The van der Waals surface area contributed by atoms with Crippen molar-refractivity contribution in [3.8, 4) is 11.5 Å². The summed E-state index contributed by atoms with van der Waals surface area (Å²) in [6.45, 7) is 10.2. The Morgan fingerprint density at radius 2 is 2.15 bits per heavy atom. The number of hydrogen-bond acceptors (Lipinski definition) is 2. The molecule has 1 aliphatic heterocycles. The fraction of sp³-hybridized carbons (Fsp3) is 0.238. The molecule has 6 heteroatoms. The van der Waals surface area contributed by atoms with E-state index in [-0.39, 0.29) is 5.69 Å². The number of aryl methyl sites for hydroxylation is 1. The molecule has 0 saturated heterocycles. The Kier molecular flexibility index (Phi) is 3.28. The Bertz CT molecular complexity index is 1260. The van der Waals surface area contributed by atoms with Gasteiger partial charge in [0.25, 0.3) is 0 Å². The van der Waals surface area contributed by atoms with Gasteiger partial charge in [0.2, 0.25) is 0 Å². The zero-order chi connectivity index (χ0) is 18.7. The van der Waals surface area contributed by atoms with E-state index in [9.17, 15) is 4.39 Å². The molecular weight excluding hydrogens is 341 g/mol. The zero-order valence-electron chi connectivity index (χ0n) is 15.1. The summed E-state index contributed by atoms with van der Waals surface area (Å²) in [7, 11) is 1.83. The second-order valence-electron chi connectivity index (χ2n) is 6.99. The van der Waals surface area contributed by atoms with E-state index in [1.807, 2.05) is 13.1 Å². The van der Waals surface area contributed by atoms with Crippen molar-refractivity contribution in [3.05, 3.63) is 53.6 Å². The van der Waals surface area contributed by atoms with Crippen LogP contribution in [0.25, 0.3) is 38.3 Å². The largest absolute Gasteiger partial charge is 0.381 e. The normalized spacial score (nSPS) is 15.9. The van der Waals surface area contributed by atoms with Gasteiger partial charge in [-0.3, -0.25) is 0 Å². The highest BCUT2D eigenvalue weighted by molar-refractivity contribution is 5.97. The molecule has 0 aliphatic carbocycles. The van der Waals surface area contributed by atoms with Crippen LogP contribution in [0.1, 0.15) is 19.4 Å². The van der Waals surface area contributed by atoms with Gasteiger partial charge < -0.3 is 14.5 Å². The summed E-state index contributed by atoms with van der Waals surface area (Å²) in [4.78, 5) is 8.07. The average Bonchev–Trinajstić information content (AvgIpc) is 3.22. The van der Waals surface area contributed by atoms with E-state index < -0.39 is 5.82 Å². The van der Waals surface area contributed by atoms with Crippen molar-refractivity contribution in [1.82, 2.24) is 14.1 Å². The van der Waals surface area contributed by atoms with Crippen LogP contribution >= 0.6 is 0 Å². The zero-order valence-corrected chi connectivity index (χ0v) is 15.1. The van der Waals surface area contributed by atoms with Crippen molar-refractivity contribution in [2.75, 3.05) is 11.9 Å². The van der Waals surface area contributed by atoms with Gasteiger partial charge >= 0.3 is 0 Å². The van der Waals surface area contributed by atoms with Crippen molar-refractivity contribution >= 4 is 33.3 Å². The number of para-hydroxylation sites is 1. The maximum Gasteiger partial charge on any atom is 0.192 e. The third kappa shape index (κ3) is 2.12. The monoisotopic (exact) mass is 359 g/mol. The molecule has 4 aromatic rings. The first-order chi connectivity index (χ1) is 13.1. The Balaban J connectivity index is 1.85. The minimum absolute atomic E-state index is 0.268. The fourth-order valence-corrected chi connectivity index (χ4v) is 4.20. The summed E-state index contributed by atoms with van der Waals surface area (Å²) in [5.41, 5.74) is 4.47. The van der Waals surface area contributed by atoms with Crippen LogP contribution in [-0.4, -0.2) is 20.7 Å². The highest BCUT2D eigenvalue weighted by Gasteiger charge is 2.26. The SMILES string of the molecule is [C-]#[N+]c1cc(F)c2c(c1)nc(-c1cc3cccc4c3n1C(CC)CN4)n2C. The lowest BCUT2D eigenvalue weighted by molar-refractivity contribution is 0.519. The van der Waals surface area contributed by atoms with Gasteiger partial charge in [-0.1, -0.05) is 19.1 Å². The molecular formula is C21H18FN5. The Morgan fingerprint density at radius 1 is 1.30 bits per heavy atom. The molecule has 0 bridgehead atoms. The Morgan fingerprint density at radius 3 is 2.93 bits per heavy atom. The van der Waals surface area contributed by atoms with Crippen molar-refractivity contribution in [3.63, 3.8) is 0 Å². The number of benzene rings is 2. The topological polar surface area (TPSA) is 39.1 Å². The maximum atomic E-state index is 14.6. The summed E-state index contributed by atoms with van der Waals surface area (Å²) in [5.74, 6) is 0.303. The maximum absolute atomic E-state index is 14.6. The number of nitrogens with one attached hydrogen (secondary N) is 1. The lowest BCUT2D eigenvalue weighted by Gasteiger charge is -2.28. The molecule has 0 radical (unpaired) electrons. The standard InChI is InChI=1S/C21H18FN5/c1-4-14-11-24-16-7-5-6-12-8-18(27(14)19(12)16)21-25-17-10-13(23-2)9-15(22)20(17)26(21)3/h5-10,14,24H,4,11H2,1,3H3. The van der Waals surface area contributed by atoms with E-state index >= 15 is 0 Å². The van der Waals surface area contributed by atoms with Crippen LogP contribution in [0.2, 0.25) is 0 Å². The molecule has 5 nitrogen and oxygen atoms in total. The van der Waals surface area contributed by atoms with Crippen LogP contribution < -0.4 is 5.32 Å². The van der Waals surface area contributed by atoms with Crippen molar-refractivity contribution in [1.29, 1.82) is 0 Å². The molecule has 3 heterocycles. The van der Waals surface area contributed by atoms with Gasteiger partial charge in [0.1, 0.15) is 11.3 Å². The molecule has 2 aromatic heterocycles. The lowest BCUT2D eigenvalue weighted by Crippen LogP contribution is -2.24. The summed E-state index contributed by atoms with van der Waals surface area (Å²) in [6, 6.07) is 11.6. The molecule has 1 atom stereocenters. The number of aromatic nitrogens is 3. The van der Waals surface area contributed by atoms with Gasteiger partial charge in [0.05, 0.1) is 35.0 Å². The van der Waals surface area contributed by atoms with E-state index in [2.05, 4.69) is 39.9 Å². The van der Waals surface area contributed by atoms with Crippen LogP contribution in [-0.2, 0) is 7.05 Å². The van der Waals surface area contributed by atoms with Gasteiger partial charge in [0.15, 0.2) is 11.5 Å². The first kappa shape index (κ1) is 15.9. The summed E-state index contributed by atoms with van der Waals surface area (Å²) in [5, 5.41) is 4.66. The lowest BCUT2D eigenvalue weighted by atomic mass is 10.1. The minimum atomic E-state index is -0.413. The average molecular weight is 359 g/mol. The van der Waals surface area contributed by atoms with Crippen molar-refractivity contribution < 1.29 is 4.39 Å². The number of anilines is 1. The molecule has 0 amide bonds. The molecule has 2 aromatic carbocycles. The van der Waals surface area contributed by atoms with E-state index in [4.69, 9.17) is 11.6 Å². The first-order valence-corrected chi connectivity index (χ1v) is 9.04. The summed E-state index contributed by atoms with van der Waals surface area (Å²) < 4.78 is 18.7. The van der Waals surface area contributed by atoms with Crippen molar-refractivity contribution in [2.45, 2.75) is 19.4 Å². The predicted octanol–water partition coefficient (Wildman–Crippen LogP) is 5.26. The van der Waals surface area contributed by atoms with Gasteiger partial charge in [-0.2, -0.15) is 0 Å². The van der Waals surface area contributed by atoms with Gasteiger partial charge in [-0.25, -0.2) is 14.2 Å². The molecule has 27 heavy (non-hydrogen) atoms. The second-order valence-corrected chi connectivity index (χ2v) is 6.99. The molecule has 0 spiro atoms. The van der Waals surface area contributed by atoms with Gasteiger partial charge in [-0.15, -0.1) is 0 Å². The molecule has 5 rings (SSSR count). The van der Waals surface area contributed by atoms with E-state index in [1.54, 1.807) is 10.6 Å². The minimum Gasteiger partial charge on any atom is -0.381 e. The molecule has 0 fully saturated rings. The molecule has 0 saturated carbocycles. The fourth-order valence-electron chi connectivity index (χ4n) is 4.20. The van der Waals surface area contributed by atoms with Crippen LogP contribution in [0.15, 0.2) is 36.4 Å². The van der Waals surface area contributed by atoms with E-state index in [0.717, 1.165) is 29.7 Å². The van der Waals surface area contributed by atoms with Crippen LogP contribution in [0.4, 0.5) is 15.8 Å². The van der Waals surface area contributed by atoms with Gasteiger partial charge in [0, 0.05) is 19.0 Å². The molecule has 134 valence electrons. The number of halogens is 1. The van der Waals surface area contributed by atoms with E-state index in [1.165, 1.54) is 11.6 Å². The highest BCUT2D eigenvalue weighted by atomic mass is 19.1. The molecule has 1 aliphatic rings. The molecule has 1 unspecified atom stereocenters. The number of imidazole rings is 1. The molecule has 1 N–H and O–H groups in total. The number of nitrogens with zero attached hydrogens (tertiary/aromatic N) is 4. The number of hydrogen-bond donors (Lipinski definition) is 1. The van der Waals surface area contributed by atoms with E-state index in [0.29, 0.717) is 22.9 Å². The summed E-state index contributed by atoms with van der Waals surface area (Å²) >= 11 is 0. The number of fused-ring (bicyclic) bond motifs is 1. The van der Waals surface area contributed by atoms with Crippen LogP contribution in [0.3, 0.4) is 0 Å². The second kappa shape index (κ2) is 5.58. The number of rotatable bonds is 2. The smallest absolute Gasteiger partial charge is 0.192 e. The third-order valence-corrected chi connectivity index (χ3v) is 5.49. The third-order valence-electron chi connectivity index (χ3n) is 5.49.